The van der Waals surface area contributed by atoms with Crippen molar-refractivity contribution in [1.29, 1.82) is 0 Å². The Hall–Kier alpha value is -2.15. The first-order chi connectivity index (χ1) is 26.5. The highest BCUT2D eigenvalue weighted by Crippen LogP contribution is 2.13. The Bertz CT molecular complexity index is 843. The van der Waals surface area contributed by atoms with Gasteiger partial charge in [0.15, 0.2) is 6.10 Å². The molecule has 54 heavy (non-hydrogen) atoms. The normalized spacial score (nSPS) is 12.2. The van der Waals surface area contributed by atoms with Crippen molar-refractivity contribution in [3.8, 4) is 0 Å². The van der Waals surface area contributed by atoms with E-state index in [9.17, 15) is 14.4 Å². The van der Waals surface area contributed by atoms with Crippen molar-refractivity contribution in [2.75, 3.05) is 32.8 Å². The van der Waals surface area contributed by atoms with Gasteiger partial charge in [-0.2, -0.15) is 0 Å². The van der Waals surface area contributed by atoms with Crippen LogP contribution in [0.15, 0.2) is 24.3 Å². The van der Waals surface area contributed by atoms with Gasteiger partial charge in [-0.25, -0.2) is 0 Å². The van der Waals surface area contributed by atoms with E-state index in [1.165, 1.54) is 116 Å². The number of unbranched alkanes of at least 4 members (excludes halogenated alkanes) is 22. The van der Waals surface area contributed by atoms with Crippen LogP contribution in [0.3, 0.4) is 0 Å². The minimum Gasteiger partial charge on any atom is -0.462 e. The predicted octanol–water partition coefficient (Wildman–Crippen LogP) is 13.2. The highest BCUT2D eigenvalue weighted by atomic mass is 16.6. The van der Waals surface area contributed by atoms with Crippen LogP contribution in [0, 0.1) is 0 Å². The Labute approximate surface area is 334 Å². The van der Waals surface area contributed by atoms with Crippen LogP contribution >= 0.6 is 0 Å². The predicted molar refractivity (Wildman–Crippen MR) is 228 cm³/mol. The summed E-state index contributed by atoms with van der Waals surface area (Å²) >= 11 is 0. The van der Waals surface area contributed by atoms with E-state index in [0.29, 0.717) is 19.3 Å². The molecule has 0 aromatic heterocycles. The van der Waals surface area contributed by atoms with Gasteiger partial charge >= 0.3 is 17.9 Å². The van der Waals surface area contributed by atoms with Gasteiger partial charge < -0.3 is 19.1 Å². The molecule has 0 atom stereocenters. The van der Waals surface area contributed by atoms with Gasteiger partial charge in [0, 0.05) is 19.3 Å². The maximum Gasteiger partial charge on any atom is 0.306 e. The lowest BCUT2D eigenvalue weighted by molar-refractivity contribution is -0.167. The molecule has 0 aliphatic heterocycles. The number of carbonyl (C=O) groups is 3. The van der Waals surface area contributed by atoms with Crippen LogP contribution in [0.2, 0.25) is 0 Å². The van der Waals surface area contributed by atoms with Crippen molar-refractivity contribution < 1.29 is 28.6 Å². The van der Waals surface area contributed by atoms with Crippen molar-refractivity contribution in [1.82, 2.24) is 4.90 Å². The molecule has 0 aromatic carbocycles. The lowest BCUT2D eigenvalue weighted by Crippen LogP contribution is -2.31. The first kappa shape index (κ1) is 51.9. The molecule has 0 unspecified atom stereocenters. The van der Waals surface area contributed by atoms with E-state index in [0.717, 1.165) is 71.0 Å². The Kier molecular flexibility index (Phi) is 40.3. The largest absolute Gasteiger partial charge is 0.462 e. The molecule has 0 bridgehead atoms. The molecule has 0 amide bonds. The van der Waals surface area contributed by atoms with Crippen LogP contribution < -0.4 is 0 Å². The fourth-order valence-electron chi connectivity index (χ4n) is 6.54. The van der Waals surface area contributed by atoms with Gasteiger partial charge in [0.2, 0.25) is 0 Å². The average molecular weight is 762 g/mol. The molecule has 0 spiro atoms. The maximum atomic E-state index is 12.6. The standard InChI is InChI=1S/C47H87NO6/c1-5-9-11-13-15-17-19-21-23-25-27-29-31-33-35-38-45(49)52-42-44(54-47(51)40-37-41-48(7-3)8-4)43-53-46(50)39-36-34-32-30-28-26-24-22-20-18-16-14-12-10-6-2/h21-24,44H,5-20,25-43H2,1-4H3. The smallest absolute Gasteiger partial charge is 0.306 e. The van der Waals surface area contributed by atoms with Crippen molar-refractivity contribution >= 4 is 17.9 Å². The first-order valence-electron chi connectivity index (χ1n) is 23.0. The first-order valence-corrected chi connectivity index (χ1v) is 23.0. The second-order valence-corrected chi connectivity index (χ2v) is 15.3. The summed E-state index contributed by atoms with van der Waals surface area (Å²) in [5, 5.41) is 0. The molecule has 0 rings (SSSR count). The van der Waals surface area contributed by atoms with Gasteiger partial charge in [0.1, 0.15) is 13.2 Å². The number of rotatable bonds is 41. The van der Waals surface area contributed by atoms with Crippen LogP contribution in [-0.4, -0.2) is 61.8 Å². The van der Waals surface area contributed by atoms with Crippen LogP contribution in [0.1, 0.15) is 220 Å². The molecular weight excluding hydrogens is 675 g/mol. The third-order valence-corrected chi connectivity index (χ3v) is 10.2. The molecule has 0 saturated carbocycles. The van der Waals surface area contributed by atoms with Gasteiger partial charge in [0.25, 0.3) is 0 Å². The van der Waals surface area contributed by atoms with Crippen molar-refractivity contribution in [2.45, 2.75) is 226 Å². The molecule has 0 N–H and O–H groups in total. The van der Waals surface area contributed by atoms with Crippen LogP contribution in [0.5, 0.6) is 0 Å². The van der Waals surface area contributed by atoms with Gasteiger partial charge in [-0.05, 0) is 90.3 Å². The molecule has 7 heteroatoms. The SMILES string of the molecule is CCCCCCCCC=CCCCCCCCC(=O)OCC(COC(=O)CCCCCCCC=CCCCCCCCC)OC(=O)CCCN(CC)CC. The fourth-order valence-corrected chi connectivity index (χ4v) is 6.54. The molecule has 0 aromatic rings. The summed E-state index contributed by atoms with van der Waals surface area (Å²) in [5.74, 6) is -0.946. The van der Waals surface area contributed by atoms with E-state index >= 15 is 0 Å². The quantitative estimate of drug-likeness (QED) is 0.0265. The minimum atomic E-state index is -0.790. The average Bonchev–Trinajstić information content (AvgIpc) is 3.17. The van der Waals surface area contributed by atoms with E-state index in [1.807, 2.05) is 0 Å². The molecule has 0 aliphatic rings. The third kappa shape index (κ3) is 38.1. The zero-order chi connectivity index (χ0) is 39.6. The number of allylic oxidation sites excluding steroid dienone is 4. The summed E-state index contributed by atoms with van der Waals surface area (Å²) in [4.78, 5) is 39.9. The topological polar surface area (TPSA) is 82.1 Å². The summed E-state index contributed by atoms with van der Waals surface area (Å²) in [6, 6.07) is 0. The second kappa shape index (κ2) is 42.0. The maximum absolute atomic E-state index is 12.6. The number of nitrogens with zero attached hydrogens (tertiary/aromatic N) is 1. The Balaban J connectivity index is 4.27. The minimum absolute atomic E-state index is 0.0909. The molecule has 0 fully saturated rings. The molecule has 0 radical (unpaired) electrons. The van der Waals surface area contributed by atoms with E-state index in [1.54, 1.807) is 0 Å². The fraction of sp³-hybridized carbons (Fsp3) is 0.851. The number of hydrogen-bond donors (Lipinski definition) is 0. The summed E-state index contributed by atoms with van der Waals surface area (Å²) < 4.78 is 16.6. The van der Waals surface area contributed by atoms with Crippen LogP contribution in [-0.2, 0) is 28.6 Å². The van der Waals surface area contributed by atoms with Gasteiger partial charge in [-0.1, -0.05) is 155 Å². The van der Waals surface area contributed by atoms with Gasteiger partial charge in [0.05, 0.1) is 0 Å². The number of carbonyl (C=O) groups excluding carboxylic acids is 3. The van der Waals surface area contributed by atoms with Gasteiger partial charge in [-0.3, -0.25) is 14.4 Å². The van der Waals surface area contributed by atoms with E-state index in [-0.39, 0.29) is 37.5 Å². The second-order valence-electron chi connectivity index (χ2n) is 15.3. The number of ether oxygens (including phenoxy) is 3. The Morgan fingerprint density at radius 1 is 0.426 bits per heavy atom. The van der Waals surface area contributed by atoms with Crippen LogP contribution in [0.25, 0.3) is 0 Å². The molecule has 7 nitrogen and oxygen atoms in total. The van der Waals surface area contributed by atoms with E-state index in [2.05, 4.69) is 56.9 Å². The zero-order valence-corrected chi connectivity index (χ0v) is 36.0. The van der Waals surface area contributed by atoms with E-state index in [4.69, 9.17) is 14.2 Å². The highest BCUT2D eigenvalue weighted by Gasteiger charge is 2.19. The Morgan fingerprint density at radius 3 is 1.13 bits per heavy atom. The summed E-state index contributed by atoms with van der Waals surface area (Å²) in [6.07, 6.45) is 41.5. The van der Waals surface area contributed by atoms with E-state index < -0.39 is 6.10 Å². The molecule has 0 aliphatic carbocycles. The number of esters is 3. The number of hydrogen-bond acceptors (Lipinski definition) is 7. The van der Waals surface area contributed by atoms with Crippen molar-refractivity contribution in [3.05, 3.63) is 24.3 Å². The molecule has 0 saturated heterocycles. The molecular formula is C47H87NO6. The van der Waals surface area contributed by atoms with Crippen LogP contribution in [0.4, 0.5) is 0 Å². The summed E-state index contributed by atoms with van der Waals surface area (Å²) in [7, 11) is 0. The lowest BCUT2D eigenvalue weighted by Gasteiger charge is -2.20. The molecule has 316 valence electrons. The lowest BCUT2D eigenvalue weighted by atomic mass is 10.1. The summed E-state index contributed by atoms with van der Waals surface area (Å²) in [5.41, 5.74) is 0. The zero-order valence-electron chi connectivity index (χ0n) is 36.0. The Morgan fingerprint density at radius 2 is 0.759 bits per heavy atom. The third-order valence-electron chi connectivity index (χ3n) is 10.2. The highest BCUT2D eigenvalue weighted by molar-refractivity contribution is 5.71. The van der Waals surface area contributed by atoms with Gasteiger partial charge in [-0.15, -0.1) is 0 Å². The van der Waals surface area contributed by atoms with Crippen molar-refractivity contribution in [2.24, 2.45) is 0 Å². The summed E-state index contributed by atoms with van der Waals surface area (Å²) in [6.45, 7) is 11.2. The van der Waals surface area contributed by atoms with Crippen molar-refractivity contribution in [3.63, 3.8) is 0 Å². The monoisotopic (exact) mass is 762 g/mol. The molecule has 0 heterocycles.